The van der Waals surface area contributed by atoms with Crippen molar-refractivity contribution in [1.29, 1.82) is 0 Å². The van der Waals surface area contributed by atoms with Crippen LogP contribution in [0.5, 0.6) is 0 Å². The molecule has 6 nitrogen and oxygen atoms in total. The van der Waals surface area contributed by atoms with Crippen molar-refractivity contribution in [2.75, 3.05) is 13.2 Å². The van der Waals surface area contributed by atoms with Gasteiger partial charge >= 0.3 is 17.9 Å². The van der Waals surface area contributed by atoms with E-state index in [-0.39, 0.29) is 31.1 Å². The van der Waals surface area contributed by atoms with Gasteiger partial charge in [0.1, 0.15) is 13.2 Å². The van der Waals surface area contributed by atoms with Crippen LogP contribution >= 0.6 is 0 Å². The molecule has 1 unspecified atom stereocenters. The molecule has 0 aliphatic carbocycles. The van der Waals surface area contributed by atoms with Crippen LogP contribution in [0.15, 0.2) is 85.1 Å². The molecular formula is C57H96O6. The summed E-state index contributed by atoms with van der Waals surface area (Å²) in [7, 11) is 0. The Kier molecular flexibility index (Phi) is 48.5. The number of hydrogen-bond acceptors (Lipinski definition) is 6. The van der Waals surface area contributed by atoms with E-state index in [4.69, 9.17) is 14.2 Å². The van der Waals surface area contributed by atoms with Gasteiger partial charge in [0.05, 0.1) is 0 Å². The molecule has 0 N–H and O–H groups in total. The third-order valence-corrected chi connectivity index (χ3v) is 10.9. The van der Waals surface area contributed by atoms with Crippen molar-refractivity contribution < 1.29 is 28.6 Å². The van der Waals surface area contributed by atoms with E-state index >= 15 is 0 Å². The summed E-state index contributed by atoms with van der Waals surface area (Å²) in [5.74, 6) is -0.906. The number of esters is 3. The van der Waals surface area contributed by atoms with Crippen LogP contribution in [-0.4, -0.2) is 37.2 Å². The fourth-order valence-electron chi connectivity index (χ4n) is 7.01. The normalized spacial score (nSPS) is 12.7. The molecule has 6 heteroatoms. The molecule has 0 aromatic carbocycles. The summed E-state index contributed by atoms with van der Waals surface area (Å²) in [5, 5.41) is 0. The van der Waals surface area contributed by atoms with Crippen LogP contribution in [0.2, 0.25) is 0 Å². The summed E-state index contributed by atoms with van der Waals surface area (Å²) in [6.07, 6.45) is 66.1. The number of hydrogen-bond donors (Lipinski definition) is 0. The van der Waals surface area contributed by atoms with E-state index in [1.54, 1.807) is 0 Å². The molecule has 0 aliphatic rings. The minimum Gasteiger partial charge on any atom is -0.462 e. The van der Waals surface area contributed by atoms with Crippen molar-refractivity contribution in [3.8, 4) is 0 Å². The standard InChI is InChI=1S/C57H96O6/c1-4-7-10-13-15-17-19-20-21-22-23-24-25-26-27-28-29-30-31-32-33-34-35-36-38-39-41-44-47-50-56(59)62-53-54(52-61-55(58)49-46-43-12-9-6-3)63-57(60)51-48-45-42-40-37-18-16-14-11-8-5-2/h7,10,15,17,20-21,23-24,26-27,29-30,32-33,54H,4-6,8-9,11-14,16,18-19,22,25,28,31,34-53H2,1-3H3/b10-7-,17-15-,21-20-,24-23-,27-26-,30-29-,33-32-. The predicted octanol–water partition coefficient (Wildman–Crippen LogP) is 17.2. The molecule has 0 heterocycles. The molecule has 0 aromatic heterocycles. The van der Waals surface area contributed by atoms with E-state index in [9.17, 15) is 14.4 Å². The highest BCUT2D eigenvalue weighted by molar-refractivity contribution is 5.71. The van der Waals surface area contributed by atoms with Gasteiger partial charge in [-0.05, 0) is 77.0 Å². The van der Waals surface area contributed by atoms with E-state index in [2.05, 4.69) is 106 Å². The molecule has 0 amide bonds. The molecule has 1 atom stereocenters. The quantitative estimate of drug-likeness (QED) is 0.0262. The average molecular weight is 877 g/mol. The lowest BCUT2D eigenvalue weighted by Gasteiger charge is -2.18. The molecule has 0 aromatic rings. The van der Waals surface area contributed by atoms with Gasteiger partial charge in [-0.25, -0.2) is 0 Å². The molecule has 0 rings (SSSR count). The summed E-state index contributed by atoms with van der Waals surface area (Å²) < 4.78 is 16.6. The number of carbonyl (C=O) groups is 3. The van der Waals surface area contributed by atoms with E-state index < -0.39 is 6.10 Å². The van der Waals surface area contributed by atoms with Crippen LogP contribution < -0.4 is 0 Å². The van der Waals surface area contributed by atoms with E-state index in [1.807, 2.05) is 0 Å². The number of ether oxygens (including phenoxy) is 3. The third kappa shape index (κ3) is 49.5. The van der Waals surface area contributed by atoms with Gasteiger partial charge in [-0.3, -0.25) is 14.4 Å². The van der Waals surface area contributed by atoms with E-state index in [0.717, 1.165) is 116 Å². The largest absolute Gasteiger partial charge is 0.462 e. The van der Waals surface area contributed by atoms with Crippen LogP contribution in [0.1, 0.15) is 239 Å². The number of allylic oxidation sites excluding steroid dienone is 14. The first-order valence-electron chi connectivity index (χ1n) is 26.1. The summed E-state index contributed by atoms with van der Waals surface area (Å²) in [6.45, 7) is 6.41. The summed E-state index contributed by atoms with van der Waals surface area (Å²) in [5.41, 5.74) is 0. The lowest BCUT2D eigenvalue weighted by Crippen LogP contribution is -2.30. The first-order chi connectivity index (χ1) is 31.0. The second-order valence-electron chi connectivity index (χ2n) is 17.1. The molecule has 0 bridgehead atoms. The highest BCUT2D eigenvalue weighted by Crippen LogP contribution is 2.14. The summed E-state index contributed by atoms with van der Waals surface area (Å²) in [4.78, 5) is 37.6. The average Bonchev–Trinajstić information content (AvgIpc) is 3.28. The Balaban J connectivity index is 4.08. The minimum absolute atomic E-state index is 0.0790. The van der Waals surface area contributed by atoms with Crippen molar-refractivity contribution in [3.05, 3.63) is 85.1 Å². The van der Waals surface area contributed by atoms with Crippen LogP contribution in [0.3, 0.4) is 0 Å². The van der Waals surface area contributed by atoms with E-state index in [1.165, 1.54) is 83.5 Å². The zero-order valence-electron chi connectivity index (χ0n) is 41.1. The topological polar surface area (TPSA) is 78.9 Å². The van der Waals surface area contributed by atoms with Crippen LogP contribution in [0, 0.1) is 0 Å². The second-order valence-corrected chi connectivity index (χ2v) is 17.1. The van der Waals surface area contributed by atoms with Gasteiger partial charge in [0, 0.05) is 19.3 Å². The molecule has 360 valence electrons. The Morgan fingerprint density at radius 1 is 0.333 bits per heavy atom. The lowest BCUT2D eigenvalue weighted by atomic mass is 10.1. The van der Waals surface area contributed by atoms with Crippen molar-refractivity contribution in [3.63, 3.8) is 0 Å². The smallest absolute Gasteiger partial charge is 0.306 e. The van der Waals surface area contributed by atoms with Crippen LogP contribution in [0.25, 0.3) is 0 Å². The monoisotopic (exact) mass is 877 g/mol. The molecular weight excluding hydrogens is 781 g/mol. The highest BCUT2D eigenvalue weighted by Gasteiger charge is 2.19. The second kappa shape index (κ2) is 51.2. The molecule has 0 saturated carbocycles. The maximum atomic E-state index is 12.7. The number of carbonyl (C=O) groups excluding carboxylic acids is 3. The predicted molar refractivity (Wildman–Crippen MR) is 270 cm³/mol. The van der Waals surface area contributed by atoms with Crippen molar-refractivity contribution >= 4 is 17.9 Å². The highest BCUT2D eigenvalue weighted by atomic mass is 16.6. The first-order valence-corrected chi connectivity index (χ1v) is 26.1. The molecule has 0 fully saturated rings. The molecule has 0 spiro atoms. The van der Waals surface area contributed by atoms with Gasteiger partial charge in [-0.2, -0.15) is 0 Å². The van der Waals surface area contributed by atoms with Gasteiger partial charge < -0.3 is 14.2 Å². The van der Waals surface area contributed by atoms with Gasteiger partial charge in [0.15, 0.2) is 6.10 Å². The maximum Gasteiger partial charge on any atom is 0.306 e. The molecule has 0 saturated heterocycles. The van der Waals surface area contributed by atoms with Crippen molar-refractivity contribution in [2.24, 2.45) is 0 Å². The van der Waals surface area contributed by atoms with Gasteiger partial charge in [-0.15, -0.1) is 0 Å². The van der Waals surface area contributed by atoms with Gasteiger partial charge in [0.2, 0.25) is 0 Å². The van der Waals surface area contributed by atoms with Crippen LogP contribution in [-0.2, 0) is 28.6 Å². The molecule has 63 heavy (non-hydrogen) atoms. The first kappa shape index (κ1) is 59.6. The number of unbranched alkanes of at least 4 members (excludes halogenated alkanes) is 21. The summed E-state index contributed by atoms with van der Waals surface area (Å²) in [6, 6.07) is 0. The van der Waals surface area contributed by atoms with Crippen molar-refractivity contribution in [1.82, 2.24) is 0 Å². The Hall–Kier alpha value is -3.41. The molecule has 0 radical (unpaired) electrons. The van der Waals surface area contributed by atoms with Crippen molar-refractivity contribution in [2.45, 2.75) is 245 Å². The Morgan fingerprint density at radius 3 is 0.968 bits per heavy atom. The van der Waals surface area contributed by atoms with E-state index in [0.29, 0.717) is 19.3 Å². The Morgan fingerprint density at radius 2 is 0.619 bits per heavy atom. The summed E-state index contributed by atoms with van der Waals surface area (Å²) >= 11 is 0. The fourth-order valence-corrected chi connectivity index (χ4v) is 7.01. The van der Waals surface area contributed by atoms with Crippen LogP contribution in [0.4, 0.5) is 0 Å². The van der Waals surface area contributed by atoms with Gasteiger partial charge in [0.25, 0.3) is 0 Å². The Bertz CT molecular complexity index is 1240. The zero-order valence-corrected chi connectivity index (χ0v) is 41.1. The zero-order chi connectivity index (χ0) is 45.8. The molecule has 0 aliphatic heterocycles. The third-order valence-electron chi connectivity index (χ3n) is 10.9. The van der Waals surface area contributed by atoms with Gasteiger partial charge in [-0.1, -0.05) is 228 Å². The SMILES string of the molecule is CC/C=C\C/C=C\C/C=C\C/C=C\C/C=C\C/C=C\C/C=C\CCCCCCCCCC(=O)OCC(COC(=O)CCCCCCC)OC(=O)CCCCCCCCCCCCC. The lowest BCUT2D eigenvalue weighted by molar-refractivity contribution is -0.167. The minimum atomic E-state index is -0.773. The fraction of sp³-hybridized carbons (Fsp3) is 0.702. The maximum absolute atomic E-state index is 12.7. The number of rotatable bonds is 46. The Labute approximate surface area is 388 Å².